The molecular formula is C21H36IN3O2. The number of hydrogen-bond acceptors (Lipinski definition) is 3. The van der Waals surface area contributed by atoms with Gasteiger partial charge in [-0.15, -0.1) is 24.0 Å². The van der Waals surface area contributed by atoms with Crippen LogP contribution in [0.2, 0.25) is 0 Å². The second-order valence-corrected chi connectivity index (χ2v) is 7.05. The minimum absolute atomic E-state index is 0. The average Bonchev–Trinajstić information content (AvgIpc) is 3.18. The molecule has 0 saturated carbocycles. The van der Waals surface area contributed by atoms with Crippen molar-refractivity contribution in [3.63, 3.8) is 0 Å². The van der Waals surface area contributed by atoms with Crippen molar-refractivity contribution in [3.8, 4) is 0 Å². The van der Waals surface area contributed by atoms with Gasteiger partial charge in [0, 0.05) is 44.2 Å². The molecule has 1 aromatic rings. The van der Waals surface area contributed by atoms with Gasteiger partial charge in [-0.2, -0.15) is 0 Å². The molecule has 0 amide bonds. The molecule has 1 heterocycles. The molecule has 27 heavy (non-hydrogen) atoms. The number of halogens is 1. The van der Waals surface area contributed by atoms with Crippen molar-refractivity contribution in [3.05, 3.63) is 35.9 Å². The van der Waals surface area contributed by atoms with Gasteiger partial charge in [0.25, 0.3) is 0 Å². The van der Waals surface area contributed by atoms with E-state index in [1.165, 1.54) is 5.56 Å². The van der Waals surface area contributed by atoms with Crippen LogP contribution in [-0.4, -0.2) is 51.5 Å². The third-order valence-corrected chi connectivity index (χ3v) is 4.88. The summed E-state index contributed by atoms with van der Waals surface area (Å²) in [7, 11) is 0. The molecule has 5 nitrogen and oxygen atoms in total. The summed E-state index contributed by atoms with van der Waals surface area (Å²) in [4.78, 5) is 4.69. The first-order valence-electron chi connectivity index (χ1n) is 9.96. The third-order valence-electron chi connectivity index (χ3n) is 4.88. The number of rotatable bonds is 10. The Bertz CT molecular complexity index is 521. The van der Waals surface area contributed by atoms with Gasteiger partial charge in [-0.1, -0.05) is 37.3 Å². The van der Waals surface area contributed by atoms with Gasteiger partial charge >= 0.3 is 0 Å². The van der Waals surface area contributed by atoms with E-state index in [2.05, 4.69) is 66.7 Å². The Morgan fingerprint density at radius 3 is 2.74 bits per heavy atom. The fraction of sp³-hybridized carbons (Fsp3) is 0.667. The number of nitrogens with one attached hydrogen (secondary N) is 2. The highest BCUT2D eigenvalue weighted by Crippen LogP contribution is 2.18. The summed E-state index contributed by atoms with van der Waals surface area (Å²) < 4.78 is 11.1. The molecule has 6 heteroatoms. The maximum Gasteiger partial charge on any atom is 0.191 e. The normalized spacial score (nSPS) is 19.2. The summed E-state index contributed by atoms with van der Waals surface area (Å²) in [6.45, 7) is 11.5. The van der Waals surface area contributed by atoms with Crippen molar-refractivity contribution in [1.82, 2.24) is 10.6 Å². The topological polar surface area (TPSA) is 54.9 Å². The molecular weight excluding hydrogens is 453 g/mol. The van der Waals surface area contributed by atoms with Crippen molar-refractivity contribution in [1.29, 1.82) is 0 Å². The van der Waals surface area contributed by atoms with E-state index in [0.717, 1.165) is 58.3 Å². The van der Waals surface area contributed by atoms with Crippen LogP contribution in [0.3, 0.4) is 0 Å². The van der Waals surface area contributed by atoms with Crippen molar-refractivity contribution < 1.29 is 9.47 Å². The van der Waals surface area contributed by atoms with E-state index < -0.39 is 0 Å². The smallest absolute Gasteiger partial charge is 0.191 e. The van der Waals surface area contributed by atoms with Crippen molar-refractivity contribution in [2.24, 2.45) is 10.9 Å². The second-order valence-electron chi connectivity index (χ2n) is 7.05. The number of aliphatic imine (C=N–C) groups is 1. The summed E-state index contributed by atoms with van der Waals surface area (Å²) in [6, 6.07) is 10.9. The van der Waals surface area contributed by atoms with E-state index >= 15 is 0 Å². The zero-order valence-electron chi connectivity index (χ0n) is 16.9. The number of ether oxygens (including phenoxy) is 2. The fourth-order valence-corrected chi connectivity index (χ4v) is 3.03. The lowest BCUT2D eigenvalue weighted by molar-refractivity contribution is 0.0893. The van der Waals surface area contributed by atoms with Gasteiger partial charge in [-0.25, -0.2) is 0 Å². The Hall–Kier alpha value is -0.860. The van der Waals surface area contributed by atoms with Crippen LogP contribution in [0.5, 0.6) is 0 Å². The van der Waals surface area contributed by atoms with Gasteiger partial charge in [0.1, 0.15) is 0 Å². The minimum atomic E-state index is 0. The second kappa shape index (κ2) is 14.2. The van der Waals surface area contributed by atoms with E-state index in [1.807, 2.05) is 0 Å². The predicted octanol–water partition coefficient (Wildman–Crippen LogP) is 3.79. The Morgan fingerprint density at radius 1 is 1.30 bits per heavy atom. The van der Waals surface area contributed by atoms with E-state index in [0.29, 0.717) is 17.9 Å². The number of guanidine groups is 1. The first-order valence-corrected chi connectivity index (χ1v) is 9.96. The molecule has 1 aliphatic heterocycles. The van der Waals surface area contributed by atoms with Crippen LogP contribution in [0.15, 0.2) is 35.3 Å². The summed E-state index contributed by atoms with van der Waals surface area (Å²) >= 11 is 0. The first-order chi connectivity index (χ1) is 12.7. The molecule has 0 spiro atoms. The molecule has 1 aliphatic rings. The van der Waals surface area contributed by atoms with Gasteiger partial charge in [-0.3, -0.25) is 4.99 Å². The molecule has 1 saturated heterocycles. The van der Waals surface area contributed by atoms with Crippen LogP contribution in [0, 0.1) is 5.92 Å². The van der Waals surface area contributed by atoms with Gasteiger partial charge < -0.3 is 20.1 Å². The number of hydrogen-bond donors (Lipinski definition) is 2. The molecule has 1 aromatic carbocycles. The van der Waals surface area contributed by atoms with E-state index in [1.54, 1.807) is 0 Å². The largest absolute Gasteiger partial charge is 0.381 e. The fourth-order valence-electron chi connectivity index (χ4n) is 3.03. The molecule has 2 rings (SSSR count). The van der Waals surface area contributed by atoms with Crippen LogP contribution < -0.4 is 10.6 Å². The monoisotopic (exact) mass is 489 g/mol. The van der Waals surface area contributed by atoms with Crippen LogP contribution in [-0.2, 0) is 9.47 Å². The quantitative estimate of drug-likeness (QED) is 0.227. The van der Waals surface area contributed by atoms with Crippen LogP contribution in [0.1, 0.15) is 45.1 Å². The molecule has 3 atom stereocenters. The van der Waals surface area contributed by atoms with Gasteiger partial charge in [-0.05, 0) is 32.3 Å². The highest BCUT2D eigenvalue weighted by molar-refractivity contribution is 14.0. The molecule has 2 N–H and O–H groups in total. The summed E-state index contributed by atoms with van der Waals surface area (Å²) in [6.07, 6.45) is 2.07. The highest BCUT2D eigenvalue weighted by Gasteiger charge is 2.16. The lowest BCUT2D eigenvalue weighted by atomic mass is 9.94. The van der Waals surface area contributed by atoms with Gasteiger partial charge in [0.2, 0.25) is 0 Å². The van der Waals surface area contributed by atoms with Crippen molar-refractivity contribution >= 4 is 29.9 Å². The van der Waals surface area contributed by atoms with Crippen molar-refractivity contribution in [2.75, 3.05) is 39.5 Å². The Balaban J connectivity index is 0.00000364. The molecule has 0 radical (unpaired) electrons. The van der Waals surface area contributed by atoms with E-state index in [9.17, 15) is 0 Å². The zero-order valence-corrected chi connectivity index (χ0v) is 19.3. The molecule has 3 unspecified atom stereocenters. The minimum Gasteiger partial charge on any atom is -0.381 e. The third kappa shape index (κ3) is 9.25. The summed E-state index contributed by atoms with van der Waals surface area (Å²) in [5.41, 5.74) is 1.34. The summed E-state index contributed by atoms with van der Waals surface area (Å²) in [5, 5.41) is 6.87. The molecule has 0 aliphatic carbocycles. The Kier molecular flexibility index (Phi) is 12.7. The van der Waals surface area contributed by atoms with Crippen molar-refractivity contribution in [2.45, 2.75) is 45.6 Å². The molecule has 0 aromatic heterocycles. The molecule has 1 fully saturated rings. The number of nitrogens with zero attached hydrogens (tertiary/aromatic N) is 1. The lowest BCUT2D eigenvalue weighted by Crippen LogP contribution is -2.44. The van der Waals surface area contributed by atoms with Crippen LogP contribution in [0.25, 0.3) is 0 Å². The SMILES string of the molecule is CCNC(=NCCCOCC1CCOC1)NC(C)C(C)c1ccccc1.I. The van der Waals surface area contributed by atoms with E-state index in [4.69, 9.17) is 9.47 Å². The summed E-state index contributed by atoms with van der Waals surface area (Å²) in [5.74, 6) is 1.88. The molecule has 154 valence electrons. The standard InChI is InChI=1S/C21H35N3O2.HI/c1-4-22-21(23-12-8-13-25-15-19-11-14-26-16-19)24-18(3)17(2)20-9-6-5-7-10-20;/h5-7,9-10,17-19H,4,8,11-16H2,1-3H3,(H2,22,23,24);1H. The van der Waals surface area contributed by atoms with Crippen LogP contribution in [0.4, 0.5) is 0 Å². The molecule has 0 bridgehead atoms. The maximum absolute atomic E-state index is 5.75. The highest BCUT2D eigenvalue weighted by atomic mass is 127. The lowest BCUT2D eigenvalue weighted by Gasteiger charge is -2.24. The number of benzene rings is 1. The zero-order chi connectivity index (χ0) is 18.6. The Morgan fingerprint density at radius 2 is 2.07 bits per heavy atom. The van der Waals surface area contributed by atoms with Gasteiger partial charge in [0.15, 0.2) is 5.96 Å². The van der Waals surface area contributed by atoms with E-state index in [-0.39, 0.29) is 24.0 Å². The average molecular weight is 489 g/mol. The van der Waals surface area contributed by atoms with Crippen LogP contribution >= 0.6 is 24.0 Å². The predicted molar refractivity (Wildman–Crippen MR) is 123 cm³/mol. The van der Waals surface area contributed by atoms with Gasteiger partial charge in [0.05, 0.1) is 13.2 Å². The first kappa shape index (κ1) is 24.2. The Labute approximate surface area is 181 Å². The maximum atomic E-state index is 5.75.